The van der Waals surface area contributed by atoms with Crippen LogP contribution in [0.15, 0.2) is 34.3 Å². The maximum Gasteiger partial charge on any atom is 0.203 e. The summed E-state index contributed by atoms with van der Waals surface area (Å²) in [5.74, 6) is 1.31. The Labute approximate surface area is 112 Å². The first-order valence-corrected chi connectivity index (χ1v) is 6.36. The minimum Gasteiger partial charge on any atom is -0.508 e. The molecule has 6 heteroatoms. The van der Waals surface area contributed by atoms with E-state index in [1.807, 2.05) is 0 Å². The van der Waals surface area contributed by atoms with E-state index in [4.69, 9.17) is 5.73 Å². The van der Waals surface area contributed by atoms with Gasteiger partial charge in [-0.2, -0.15) is 0 Å². The summed E-state index contributed by atoms with van der Waals surface area (Å²) in [5.41, 5.74) is 6.71. The Morgan fingerprint density at radius 1 is 1.21 bits per heavy atom. The van der Waals surface area contributed by atoms with Gasteiger partial charge in [0.2, 0.25) is 5.96 Å². The number of hydrogen-bond donors (Lipinski definition) is 3. The summed E-state index contributed by atoms with van der Waals surface area (Å²) in [6.07, 6.45) is -0.363. The largest absolute Gasteiger partial charge is 0.508 e. The molecule has 1 aliphatic heterocycles. The van der Waals surface area contributed by atoms with Gasteiger partial charge in [-0.25, -0.2) is 9.98 Å². The molecule has 0 saturated carbocycles. The van der Waals surface area contributed by atoms with Gasteiger partial charge in [-0.1, -0.05) is 12.1 Å². The highest BCUT2D eigenvalue weighted by Crippen LogP contribution is 2.23. The topological polar surface area (TPSA) is 86.2 Å². The van der Waals surface area contributed by atoms with E-state index < -0.39 is 0 Å². The molecule has 0 spiro atoms. The SMILES string of the molecule is CCN(CC)C1=NC(c2ccc(O)cc2)N=C(N)N1. The van der Waals surface area contributed by atoms with E-state index >= 15 is 0 Å². The number of phenolic OH excluding ortho intramolecular Hbond substituents is 1. The van der Waals surface area contributed by atoms with Crippen LogP contribution in [0.3, 0.4) is 0 Å². The molecule has 1 atom stereocenters. The van der Waals surface area contributed by atoms with Gasteiger partial charge in [-0.15, -0.1) is 0 Å². The van der Waals surface area contributed by atoms with Crippen molar-refractivity contribution in [1.29, 1.82) is 0 Å². The zero-order chi connectivity index (χ0) is 13.8. The Balaban J connectivity index is 2.28. The quantitative estimate of drug-likeness (QED) is 0.758. The van der Waals surface area contributed by atoms with E-state index in [1.54, 1.807) is 24.3 Å². The summed E-state index contributed by atoms with van der Waals surface area (Å²) >= 11 is 0. The van der Waals surface area contributed by atoms with Gasteiger partial charge in [0.05, 0.1) is 0 Å². The molecule has 2 rings (SSSR count). The average Bonchev–Trinajstić information content (AvgIpc) is 2.40. The van der Waals surface area contributed by atoms with Gasteiger partial charge in [0.1, 0.15) is 5.75 Å². The highest BCUT2D eigenvalue weighted by atomic mass is 16.3. The number of hydrogen-bond acceptors (Lipinski definition) is 6. The molecule has 0 aliphatic carbocycles. The van der Waals surface area contributed by atoms with Crippen molar-refractivity contribution in [2.75, 3.05) is 13.1 Å². The van der Waals surface area contributed by atoms with E-state index in [0.29, 0.717) is 5.96 Å². The number of benzene rings is 1. The molecule has 1 unspecified atom stereocenters. The molecule has 1 aliphatic rings. The van der Waals surface area contributed by atoms with Crippen molar-refractivity contribution in [2.24, 2.45) is 15.7 Å². The maximum atomic E-state index is 9.31. The van der Waals surface area contributed by atoms with E-state index in [9.17, 15) is 5.11 Å². The molecule has 19 heavy (non-hydrogen) atoms. The molecular formula is C13H19N5O. The first-order chi connectivity index (χ1) is 9.13. The van der Waals surface area contributed by atoms with Crippen molar-refractivity contribution in [3.05, 3.63) is 29.8 Å². The lowest BCUT2D eigenvalue weighted by Gasteiger charge is -2.27. The fraction of sp³-hybridized carbons (Fsp3) is 0.385. The van der Waals surface area contributed by atoms with E-state index in [0.717, 1.165) is 24.6 Å². The third-order valence-corrected chi connectivity index (χ3v) is 3.00. The van der Waals surface area contributed by atoms with Gasteiger partial charge >= 0.3 is 0 Å². The number of nitrogens with two attached hydrogens (primary N) is 1. The van der Waals surface area contributed by atoms with Crippen LogP contribution in [0.5, 0.6) is 5.75 Å². The van der Waals surface area contributed by atoms with Gasteiger partial charge in [-0.3, -0.25) is 5.32 Å². The van der Waals surface area contributed by atoms with E-state index in [-0.39, 0.29) is 11.9 Å². The van der Waals surface area contributed by atoms with Gasteiger partial charge in [0.25, 0.3) is 0 Å². The van der Waals surface area contributed by atoms with Crippen LogP contribution in [-0.4, -0.2) is 35.0 Å². The molecule has 4 N–H and O–H groups in total. The zero-order valence-corrected chi connectivity index (χ0v) is 11.2. The van der Waals surface area contributed by atoms with Crippen molar-refractivity contribution in [3.63, 3.8) is 0 Å². The molecular weight excluding hydrogens is 242 g/mol. The maximum absolute atomic E-state index is 9.31. The van der Waals surface area contributed by atoms with Crippen molar-refractivity contribution in [3.8, 4) is 5.75 Å². The van der Waals surface area contributed by atoms with Gasteiger partial charge in [0.15, 0.2) is 12.1 Å². The molecule has 0 aromatic heterocycles. The van der Waals surface area contributed by atoms with Crippen molar-refractivity contribution < 1.29 is 5.11 Å². The molecule has 102 valence electrons. The molecule has 1 aromatic carbocycles. The molecule has 6 nitrogen and oxygen atoms in total. The number of nitrogens with one attached hydrogen (secondary N) is 1. The van der Waals surface area contributed by atoms with Crippen LogP contribution in [0.1, 0.15) is 25.6 Å². The number of nitrogens with zero attached hydrogens (tertiary/aromatic N) is 3. The fourth-order valence-electron chi connectivity index (χ4n) is 1.93. The minimum atomic E-state index is -0.363. The van der Waals surface area contributed by atoms with Crippen LogP contribution in [0.4, 0.5) is 0 Å². The number of guanidine groups is 2. The van der Waals surface area contributed by atoms with E-state index in [1.165, 1.54) is 0 Å². The number of aromatic hydroxyl groups is 1. The highest BCUT2D eigenvalue weighted by Gasteiger charge is 2.19. The number of phenols is 1. The van der Waals surface area contributed by atoms with E-state index in [2.05, 4.69) is 34.0 Å². The van der Waals surface area contributed by atoms with Crippen LogP contribution in [-0.2, 0) is 0 Å². The summed E-state index contributed by atoms with van der Waals surface area (Å²) in [6, 6.07) is 6.84. The standard InChI is InChI=1S/C13H19N5O/c1-3-18(4-2)13-16-11(15-12(14)17-13)9-5-7-10(19)8-6-9/h5-8,11,19H,3-4H2,1-2H3,(H3,14,15,16,17). The Hall–Kier alpha value is -2.24. The summed E-state index contributed by atoms with van der Waals surface area (Å²) in [7, 11) is 0. The van der Waals surface area contributed by atoms with Crippen molar-refractivity contribution in [2.45, 2.75) is 20.0 Å². The van der Waals surface area contributed by atoms with Crippen molar-refractivity contribution >= 4 is 11.9 Å². The third kappa shape index (κ3) is 2.96. The van der Waals surface area contributed by atoms with Crippen LogP contribution in [0, 0.1) is 0 Å². The summed E-state index contributed by atoms with van der Waals surface area (Å²) in [5, 5.41) is 12.3. The molecule has 1 aromatic rings. The number of rotatable bonds is 3. The van der Waals surface area contributed by atoms with Crippen LogP contribution in [0.25, 0.3) is 0 Å². The molecule has 0 bridgehead atoms. The minimum absolute atomic E-state index is 0.225. The van der Waals surface area contributed by atoms with Crippen molar-refractivity contribution in [1.82, 2.24) is 10.2 Å². The molecule has 0 saturated heterocycles. The highest BCUT2D eigenvalue weighted by molar-refractivity contribution is 5.99. The normalized spacial score (nSPS) is 18.3. The monoisotopic (exact) mass is 261 g/mol. The summed E-state index contributed by atoms with van der Waals surface area (Å²) in [6.45, 7) is 5.81. The van der Waals surface area contributed by atoms with Crippen LogP contribution >= 0.6 is 0 Å². The summed E-state index contributed by atoms with van der Waals surface area (Å²) in [4.78, 5) is 10.9. The van der Waals surface area contributed by atoms with Crippen LogP contribution < -0.4 is 11.1 Å². The van der Waals surface area contributed by atoms with Gasteiger partial charge < -0.3 is 15.7 Å². The number of aliphatic imine (C=N–C) groups is 2. The molecule has 0 fully saturated rings. The lowest BCUT2D eigenvalue weighted by Crippen LogP contribution is -2.49. The predicted molar refractivity (Wildman–Crippen MR) is 76.0 cm³/mol. The fourth-order valence-corrected chi connectivity index (χ4v) is 1.93. The third-order valence-electron chi connectivity index (χ3n) is 3.00. The Bertz CT molecular complexity index is 490. The molecule has 0 radical (unpaired) electrons. The Morgan fingerprint density at radius 2 is 1.84 bits per heavy atom. The molecule has 0 amide bonds. The smallest absolute Gasteiger partial charge is 0.203 e. The average molecular weight is 261 g/mol. The lowest BCUT2D eigenvalue weighted by atomic mass is 10.1. The van der Waals surface area contributed by atoms with Gasteiger partial charge in [0, 0.05) is 13.1 Å². The first-order valence-electron chi connectivity index (χ1n) is 6.36. The van der Waals surface area contributed by atoms with Gasteiger partial charge in [-0.05, 0) is 31.5 Å². The van der Waals surface area contributed by atoms with Crippen LogP contribution in [0.2, 0.25) is 0 Å². The second-order valence-corrected chi connectivity index (χ2v) is 4.23. The first kappa shape index (κ1) is 13.2. The summed E-state index contributed by atoms with van der Waals surface area (Å²) < 4.78 is 0. The zero-order valence-electron chi connectivity index (χ0n) is 11.2. The lowest BCUT2D eigenvalue weighted by molar-refractivity contribution is 0.446. The predicted octanol–water partition coefficient (Wildman–Crippen LogP) is 1.01. The second kappa shape index (κ2) is 5.60. The second-order valence-electron chi connectivity index (χ2n) is 4.23. The Morgan fingerprint density at radius 3 is 2.42 bits per heavy atom. The molecule has 1 heterocycles. The Kier molecular flexibility index (Phi) is 3.89.